The molecule has 1 aliphatic carbocycles. The number of halogens is 2. The zero-order chi connectivity index (χ0) is 25.3. The number of nitrogens with one attached hydrogen (secondary N) is 1. The van der Waals surface area contributed by atoms with Crippen LogP contribution in [0, 0.1) is 23.0 Å². The Morgan fingerprint density at radius 2 is 1.97 bits per heavy atom. The third-order valence-electron chi connectivity index (χ3n) is 8.75. The fourth-order valence-electron chi connectivity index (χ4n) is 6.74. The van der Waals surface area contributed by atoms with Gasteiger partial charge in [-0.1, -0.05) is 18.9 Å². The molecule has 0 bridgehead atoms. The van der Waals surface area contributed by atoms with Gasteiger partial charge in [-0.05, 0) is 62.6 Å². The number of hydrogen-bond donors (Lipinski definition) is 1. The van der Waals surface area contributed by atoms with E-state index in [0.29, 0.717) is 38.2 Å². The molecule has 1 N–H and O–H groups in total. The van der Waals surface area contributed by atoms with Gasteiger partial charge in [0.1, 0.15) is 11.6 Å². The lowest BCUT2D eigenvalue weighted by Gasteiger charge is -2.49. The average Bonchev–Trinajstić information content (AvgIpc) is 3.34. The van der Waals surface area contributed by atoms with Crippen LogP contribution in [0.3, 0.4) is 0 Å². The highest BCUT2D eigenvalue weighted by Crippen LogP contribution is 2.49. The second kappa shape index (κ2) is 10.3. The number of rotatable bonds is 4. The molecule has 36 heavy (non-hydrogen) atoms. The molecule has 0 radical (unpaired) electrons. The van der Waals surface area contributed by atoms with Crippen molar-refractivity contribution in [3.05, 3.63) is 64.1 Å². The molecule has 2 aliphatic heterocycles. The van der Waals surface area contributed by atoms with E-state index in [0.717, 1.165) is 44.6 Å². The summed E-state index contributed by atoms with van der Waals surface area (Å²) in [6.07, 6.45) is 8.10. The largest absolute Gasteiger partial charge is 0.324 e. The van der Waals surface area contributed by atoms with Gasteiger partial charge >= 0.3 is 6.03 Å². The summed E-state index contributed by atoms with van der Waals surface area (Å²) < 4.78 is 30.0. The molecule has 194 valence electrons. The van der Waals surface area contributed by atoms with Crippen LogP contribution in [0.15, 0.2) is 41.3 Å². The van der Waals surface area contributed by atoms with Crippen LogP contribution in [0.5, 0.6) is 0 Å². The summed E-state index contributed by atoms with van der Waals surface area (Å²) in [6, 6.07) is 6.48. The van der Waals surface area contributed by atoms with Gasteiger partial charge in [-0.25, -0.2) is 18.3 Å². The topological polar surface area (TPSA) is 70.5 Å². The minimum Gasteiger partial charge on any atom is -0.324 e. The Hall–Kier alpha value is -2.81. The molecule has 1 aromatic heterocycles. The standard InChI is InChI=1S/C27H35F2N5O2/c1-30-21-9-14-33(24(16-21)22-7-6-20(28)15-23(22)29)26(36)32-13-8-19(27(18-32)10-2-3-11-27)17-34-25(35)5-4-12-31-34/h4-7,12,15,19,21,24,30H,2-3,8-11,13-14,16-18H2,1H3/t19-,21+,24-/m0/s1. The number of nitrogens with zero attached hydrogens (tertiary/aromatic N) is 4. The first-order chi connectivity index (χ1) is 17.4. The van der Waals surface area contributed by atoms with Gasteiger partial charge in [-0.15, -0.1) is 0 Å². The lowest BCUT2D eigenvalue weighted by Crippen LogP contribution is -2.57. The second-order valence-electron chi connectivity index (χ2n) is 10.7. The molecule has 0 unspecified atom stereocenters. The van der Waals surface area contributed by atoms with E-state index >= 15 is 0 Å². The monoisotopic (exact) mass is 499 g/mol. The number of piperidine rings is 2. The highest BCUT2D eigenvalue weighted by Gasteiger charge is 2.48. The highest BCUT2D eigenvalue weighted by molar-refractivity contribution is 5.75. The van der Waals surface area contributed by atoms with E-state index < -0.39 is 17.7 Å². The maximum Gasteiger partial charge on any atom is 0.320 e. The summed E-state index contributed by atoms with van der Waals surface area (Å²) in [5, 5.41) is 7.54. The summed E-state index contributed by atoms with van der Waals surface area (Å²) >= 11 is 0. The number of benzene rings is 1. The van der Waals surface area contributed by atoms with Crippen molar-refractivity contribution in [1.29, 1.82) is 0 Å². The first-order valence-corrected chi connectivity index (χ1v) is 13.1. The number of carbonyl (C=O) groups is 1. The van der Waals surface area contributed by atoms with Crippen molar-refractivity contribution in [2.75, 3.05) is 26.7 Å². The summed E-state index contributed by atoms with van der Waals surface area (Å²) in [5.41, 5.74) is 0.232. The Morgan fingerprint density at radius 1 is 1.17 bits per heavy atom. The van der Waals surface area contributed by atoms with E-state index in [9.17, 15) is 18.4 Å². The van der Waals surface area contributed by atoms with Gasteiger partial charge in [-0.2, -0.15) is 5.10 Å². The van der Waals surface area contributed by atoms with Gasteiger partial charge < -0.3 is 15.1 Å². The Kier molecular flexibility index (Phi) is 7.10. The van der Waals surface area contributed by atoms with E-state index in [1.807, 2.05) is 11.9 Å². The average molecular weight is 500 g/mol. The Bertz CT molecular complexity index is 1150. The molecule has 3 fully saturated rings. The van der Waals surface area contributed by atoms with E-state index in [2.05, 4.69) is 10.4 Å². The molecule has 2 saturated heterocycles. The molecule has 1 spiro atoms. The molecule has 3 atom stereocenters. The fourth-order valence-corrected chi connectivity index (χ4v) is 6.74. The lowest BCUT2D eigenvalue weighted by molar-refractivity contribution is 0.0191. The first-order valence-electron chi connectivity index (χ1n) is 13.1. The van der Waals surface area contributed by atoms with Crippen LogP contribution in [0.1, 0.15) is 56.6 Å². The summed E-state index contributed by atoms with van der Waals surface area (Å²) in [5.74, 6) is -0.953. The van der Waals surface area contributed by atoms with Crippen LogP contribution in [-0.2, 0) is 6.54 Å². The van der Waals surface area contributed by atoms with Gasteiger partial charge in [-0.3, -0.25) is 4.79 Å². The van der Waals surface area contributed by atoms with Crippen LogP contribution in [0.2, 0.25) is 0 Å². The zero-order valence-electron chi connectivity index (χ0n) is 20.8. The third-order valence-corrected chi connectivity index (χ3v) is 8.75. The first kappa shape index (κ1) is 24.9. The molecule has 5 rings (SSSR count). The summed E-state index contributed by atoms with van der Waals surface area (Å²) in [7, 11) is 1.88. The van der Waals surface area contributed by atoms with Gasteiger partial charge in [0.05, 0.1) is 6.04 Å². The number of likely N-dealkylation sites (tertiary alicyclic amines) is 2. The molecule has 1 saturated carbocycles. The van der Waals surface area contributed by atoms with Gasteiger partial charge in [0.15, 0.2) is 0 Å². The SMILES string of the molecule is CN[C@@H]1CCN(C(=O)N2CC[C@@H](Cn3ncccc3=O)C3(CCCC3)C2)[C@H](c2ccc(F)cc2F)C1. The molecule has 3 aliphatic rings. The van der Waals surface area contributed by atoms with Crippen molar-refractivity contribution in [1.82, 2.24) is 24.9 Å². The van der Waals surface area contributed by atoms with E-state index in [1.165, 1.54) is 18.2 Å². The maximum atomic E-state index is 14.8. The van der Waals surface area contributed by atoms with Crippen LogP contribution >= 0.6 is 0 Å². The number of amides is 2. The predicted molar refractivity (Wildman–Crippen MR) is 132 cm³/mol. The van der Waals surface area contributed by atoms with Crippen molar-refractivity contribution in [3.8, 4) is 0 Å². The fraction of sp³-hybridized carbons (Fsp3) is 0.593. The van der Waals surface area contributed by atoms with Crippen molar-refractivity contribution < 1.29 is 13.6 Å². The van der Waals surface area contributed by atoms with Crippen LogP contribution in [0.25, 0.3) is 0 Å². The third kappa shape index (κ3) is 4.77. The normalized spacial score (nSPS) is 25.9. The number of carbonyl (C=O) groups excluding carboxylic acids is 1. The Morgan fingerprint density at radius 3 is 2.69 bits per heavy atom. The number of hydrogen-bond acceptors (Lipinski definition) is 4. The van der Waals surface area contributed by atoms with Gasteiger partial charge in [0, 0.05) is 56.1 Å². The number of aromatic nitrogens is 2. The van der Waals surface area contributed by atoms with Crippen molar-refractivity contribution >= 4 is 6.03 Å². The minimum atomic E-state index is -0.618. The Labute approximate surface area is 210 Å². The minimum absolute atomic E-state index is 0.0369. The molecule has 2 amide bonds. The second-order valence-corrected chi connectivity index (χ2v) is 10.7. The van der Waals surface area contributed by atoms with Crippen molar-refractivity contribution in [3.63, 3.8) is 0 Å². The van der Waals surface area contributed by atoms with E-state index in [4.69, 9.17) is 0 Å². The van der Waals surface area contributed by atoms with Crippen molar-refractivity contribution in [2.45, 2.75) is 63.6 Å². The van der Waals surface area contributed by atoms with Crippen molar-refractivity contribution in [2.24, 2.45) is 11.3 Å². The quantitative estimate of drug-likeness (QED) is 0.692. The molecular weight excluding hydrogens is 464 g/mol. The van der Waals surface area contributed by atoms with E-state index in [-0.39, 0.29) is 29.0 Å². The molecule has 3 heterocycles. The predicted octanol–water partition coefficient (Wildman–Crippen LogP) is 3.95. The molecular formula is C27H35F2N5O2. The van der Waals surface area contributed by atoms with Gasteiger partial charge in [0.2, 0.25) is 0 Å². The molecule has 9 heteroatoms. The van der Waals surface area contributed by atoms with E-state index in [1.54, 1.807) is 21.8 Å². The van der Waals surface area contributed by atoms with Crippen LogP contribution in [-0.4, -0.2) is 58.3 Å². The Balaban J connectivity index is 1.37. The smallest absolute Gasteiger partial charge is 0.320 e. The lowest BCUT2D eigenvalue weighted by atomic mass is 9.69. The molecule has 2 aromatic rings. The summed E-state index contributed by atoms with van der Waals surface area (Å²) in [6.45, 7) is 2.32. The van der Waals surface area contributed by atoms with Gasteiger partial charge in [0.25, 0.3) is 5.56 Å². The van der Waals surface area contributed by atoms with Crippen LogP contribution in [0.4, 0.5) is 13.6 Å². The summed E-state index contributed by atoms with van der Waals surface area (Å²) in [4.78, 5) is 30.0. The zero-order valence-corrected chi connectivity index (χ0v) is 20.8. The molecule has 7 nitrogen and oxygen atoms in total. The maximum absolute atomic E-state index is 14.8. The highest BCUT2D eigenvalue weighted by atomic mass is 19.1. The van der Waals surface area contributed by atoms with Crippen LogP contribution < -0.4 is 10.9 Å². The number of urea groups is 1. The molecule has 1 aromatic carbocycles.